The van der Waals surface area contributed by atoms with Crippen molar-refractivity contribution in [1.82, 2.24) is 0 Å². The van der Waals surface area contributed by atoms with Gasteiger partial charge in [-0.1, -0.05) is 27.5 Å². The Morgan fingerprint density at radius 3 is 2.87 bits per heavy atom. The number of hydrogen-bond acceptors (Lipinski definition) is 2. The van der Waals surface area contributed by atoms with Gasteiger partial charge >= 0.3 is 0 Å². The molecule has 2 nitrogen and oxygen atoms in total. The molecule has 0 bridgehead atoms. The highest BCUT2D eigenvalue weighted by Gasteiger charge is 2.19. The van der Waals surface area contributed by atoms with Crippen molar-refractivity contribution in [2.45, 2.75) is 6.42 Å². The Bertz CT molecular complexity index is 440. The Balaban J connectivity index is 2.33. The van der Waals surface area contributed by atoms with E-state index in [1.807, 2.05) is 0 Å². The molecule has 0 aromatic heterocycles. The van der Waals surface area contributed by atoms with E-state index in [-0.39, 0.29) is 5.78 Å². The van der Waals surface area contributed by atoms with Gasteiger partial charge in [-0.25, -0.2) is 0 Å². The molecule has 0 radical (unpaired) electrons. The fourth-order valence-electron chi connectivity index (χ4n) is 1.38. The Hall–Kier alpha value is -0.800. The first-order valence-electron chi connectivity index (χ1n) is 4.51. The smallest absolute Gasteiger partial charge is 0.228 e. The standard InChI is InChI=1S/C11H8BrClO2/c12-7-3-4-8(9(13)6-7)11(14)10-2-1-5-15-10/h2-4,6H,1,5H2. The second kappa shape index (κ2) is 4.37. The fraction of sp³-hybridized carbons (Fsp3) is 0.182. The van der Waals surface area contributed by atoms with Crippen LogP contribution in [0.2, 0.25) is 5.02 Å². The molecule has 0 saturated carbocycles. The molecule has 0 N–H and O–H groups in total. The third-order valence-corrected chi connectivity index (χ3v) is 2.91. The topological polar surface area (TPSA) is 26.3 Å². The van der Waals surface area contributed by atoms with Gasteiger partial charge in [0.2, 0.25) is 5.78 Å². The zero-order valence-corrected chi connectivity index (χ0v) is 10.1. The van der Waals surface area contributed by atoms with Crippen LogP contribution in [0.5, 0.6) is 0 Å². The molecule has 15 heavy (non-hydrogen) atoms. The molecule has 1 aliphatic heterocycles. The summed E-state index contributed by atoms with van der Waals surface area (Å²) in [6, 6.07) is 5.18. The maximum atomic E-state index is 11.9. The van der Waals surface area contributed by atoms with Crippen molar-refractivity contribution in [2.75, 3.05) is 6.61 Å². The lowest BCUT2D eigenvalue weighted by atomic mass is 10.1. The lowest BCUT2D eigenvalue weighted by Gasteiger charge is -2.05. The van der Waals surface area contributed by atoms with E-state index in [1.165, 1.54) is 0 Å². The fourth-order valence-corrected chi connectivity index (χ4v) is 2.14. The lowest BCUT2D eigenvalue weighted by Crippen LogP contribution is -2.04. The molecule has 78 valence electrons. The van der Waals surface area contributed by atoms with Crippen LogP contribution in [-0.2, 0) is 4.74 Å². The molecule has 0 unspecified atom stereocenters. The molecule has 0 saturated heterocycles. The lowest BCUT2D eigenvalue weighted by molar-refractivity contribution is 0.0942. The zero-order chi connectivity index (χ0) is 10.8. The van der Waals surface area contributed by atoms with Crippen molar-refractivity contribution in [3.05, 3.63) is 45.1 Å². The number of ether oxygens (including phenoxy) is 1. The minimum absolute atomic E-state index is 0.148. The molecular formula is C11H8BrClO2. The van der Waals surface area contributed by atoms with Crippen LogP contribution in [0.3, 0.4) is 0 Å². The van der Waals surface area contributed by atoms with Crippen molar-refractivity contribution >= 4 is 33.3 Å². The highest BCUT2D eigenvalue weighted by molar-refractivity contribution is 9.10. The number of ketones is 1. The summed E-state index contributed by atoms with van der Waals surface area (Å²) in [6.45, 7) is 0.579. The summed E-state index contributed by atoms with van der Waals surface area (Å²) in [5.74, 6) is 0.254. The van der Waals surface area contributed by atoms with E-state index in [4.69, 9.17) is 16.3 Å². The highest BCUT2D eigenvalue weighted by Crippen LogP contribution is 2.25. The molecule has 0 spiro atoms. The normalized spacial score (nSPS) is 14.7. The van der Waals surface area contributed by atoms with Gasteiger partial charge in [-0.2, -0.15) is 0 Å². The van der Waals surface area contributed by atoms with E-state index in [1.54, 1.807) is 24.3 Å². The molecule has 4 heteroatoms. The van der Waals surface area contributed by atoms with Crippen LogP contribution >= 0.6 is 27.5 Å². The Morgan fingerprint density at radius 1 is 1.47 bits per heavy atom. The number of rotatable bonds is 2. The van der Waals surface area contributed by atoms with Crippen molar-refractivity contribution < 1.29 is 9.53 Å². The van der Waals surface area contributed by atoms with Crippen LogP contribution in [0, 0.1) is 0 Å². The molecule has 0 fully saturated rings. The average molecular weight is 288 g/mol. The van der Waals surface area contributed by atoms with E-state index in [0.717, 1.165) is 10.9 Å². The maximum Gasteiger partial charge on any atom is 0.228 e. The molecule has 0 atom stereocenters. The summed E-state index contributed by atoms with van der Waals surface area (Å²) in [5.41, 5.74) is 0.480. The molecule has 0 aliphatic carbocycles. The Labute approximate surface area is 101 Å². The number of benzene rings is 1. The molecule has 1 heterocycles. The summed E-state index contributed by atoms with van der Waals surface area (Å²) in [5, 5.41) is 0.436. The minimum Gasteiger partial charge on any atom is -0.489 e. The molecule has 1 aromatic carbocycles. The van der Waals surface area contributed by atoms with Crippen LogP contribution < -0.4 is 0 Å². The van der Waals surface area contributed by atoms with E-state index >= 15 is 0 Å². The van der Waals surface area contributed by atoms with Gasteiger partial charge in [-0.05, 0) is 24.3 Å². The van der Waals surface area contributed by atoms with Crippen LogP contribution in [0.25, 0.3) is 0 Å². The summed E-state index contributed by atoms with van der Waals surface area (Å²) >= 11 is 9.26. The van der Waals surface area contributed by atoms with E-state index < -0.39 is 0 Å². The van der Waals surface area contributed by atoms with Crippen LogP contribution in [-0.4, -0.2) is 12.4 Å². The van der Waals surface area contributed by atoms with Crippen LogP contribution in [0.4, 0.5) is 0 Å². The van der Waals surface area contributed by atoms with Gasteiger partial charge in [0, 0.05) is 16.5 Å². The predicted octanol–water partition coefficient (Wildman–Crippen LogP) is 3.59. The average Bonchev–Trinajstić information content (AvgIpc) is 2.69. The third-order valence-electron chi connectivity index (χ3n) is 2.10. The second-order valence-corrected chi connectivity index (χ2v) is 4.48. The maximum absolute atomic E-state index is 11.9. The largest absolute Gasteiger partial charge is 0.489 e. The van der Waals surface area contributed by atoms with Crippen LogP contribution in [0.1, 0.15) is 16.8 Å². The second-order valence-electron chi connectivity index (χ2n) is 3.16. The van der Waals surface area contributed by atoms with Crippen molar-refractivity contribution in [3.8, 4) is 0 Å². The third kappa shape index (κ3) is 2.24. The minimum atomic E-state index is -0.148. The van der Waals surface area contributed by atoms with Gasteiger partial charge in [-0.15, -0.1) is 0 Å². The van der Waals surface area contributed by atoms with Gasteiger partial charge < -0.3 is 4.74 Å². The van der Waals surface area contributed by atoms with E-state index in [2.05, 4.69) is 15.9 Å². The number of Topliss-reactive ketones (excluding diaryl/α,β-unsaturated/α-hetero) is 1. The van der Waals surface area contributed by atoms with Gasteiger partial charge in [0.1, 0.15) is 0 Å². The number of hydrogen-bond donors (Lipinski definition) is 0. The van der Waals surface area contributed by atoms with Crippen molar-refractivity contribution in [1.29, 1.82) is 0 Å². The number of carbonyl (C=O) groups is 1. The zero-order valence-electron chi connectivity index (χ0n) is 7.80. The Morgan fingerprint density at radius 2 is 2.27 bits per heavy atom. The van der Waals surface area contributed by atoms with Gasteiger partial charge in [0.25, 0.3) is 0 Å². The summed E-state index contributed by atoms with van der Waals surface area (Å²) in [6.07, 6.45) is 2.58. The number of carbonyl (C=O) groups excluding carboxylic acids is 1. The first kappa shape index (κ1) is 10.7. The molecule has 1 aliphatic rings. The summed E-state index contributed by atoms with van der Waals surface area (Å²) < 4.78 is 6.05. The molecular weight excluding hydrogens is 279 g/mol. The quantitative estimate of drug-likeness (QED) is 0.777. The first-order chi connectivity index (χ1) is 7.18. The predicted molar refractivity (Wildman–Crippen MR) is 62.1 cm³/mol. The van der Waals surface area contributed by atoms with Gasteiger partial charge in [0.15, 0.2) is 5.76 Å². The number of halogens is 2. The van der Waals surface area contributed by atoms with E-state index in [9.17, 15) is 4.79 Å². The van der Waals surface area contributed by atoms with Crippen molar-refractivity contribution in [3.63, 3.8) is 0 Å². The molecule has 0 amide bonds. The summed E-state index contributed by atoms with van der Waals surface area (Å²) in [7, 11) is 0. The van der Waals surface area contributed by atoms with Gasteiger partial charge in [0.05, 0.1) is 11.6 Å². The van der Waals surface area contributed by atoms with Crippen molar-refractivity contribution in [2.24, 2.45) is 0 Å². The number of allylic oxidation sites excluding steroid dienone is 1. The van der Waals surface area contributed by atoms with Crippen LogP contribution in [0.15, 0.2) is 34.5 Å². The molecule has 2 rings (SSSR count). The van der Waals surface area contributed by atoms with E-state index in [0.29, 0.717) is 23.0 Å². The first-order valence-corrected chi connectivity index (χ1v) is 5.68. The highest BCUT2D eigenvalue weighted by atomic mass is 79.9. The monoisotopic (exact) mass is 286 g/mol. The molecule has 1 aromatic rings. The Kier molecular flexibility index (Phi) is 3.12. The SMILES string of the molecule is O=C(C1=CCCO1)c1ccc(Br)cc1Cl. The van der Waals surface area contributed by atoms with Gasteiger partial charge in [-0.3, -0.25) is 4.79 Å². The summed E-state index contributed by atoms with van der Waals surface area (Å²) in [4.78, 5) is 11.9.